The smallest absolute Gasteiger partial charge is 0.651 e. The number of amides is 2. The minimum Gasteiger partial charge on any atom is -0.651 e. The predicted molar refractivity (Wildman–Crippen MR) is 118 cm³/mol. The summed E-state index contributed by atoms with van der Waals surface area (Å²) in [5.74, 6) is -1.78. The largest absolute Gasteiger partial charge is 1.00 e. The number of hydrogen-bond donors (Lipinski definition) is 0. The van der Waals surface area contributed by atoms with Gasteiger partial charge in [-0.25, -0.2) is 0 Å². The van der Waals surface area contributed by atoms with Crippen LogP contribution in [0.4, 0.5) is 5.69 Å². The van der Waals surface area contributed by atoms with Crippen LogP contribution in [0, 0.1) is 0 Å². The summed E-state index contributed by atoms with van der Waals surface area (Å²) in [6, 6.07) is 6.45. The first kappa shape index (κ1) is 36.7. The van der Waals surface area contributed by atoms with Gasteiger partial charge in [0, 0.05) is 38.9 Å². The summed E-state index contributed by atoms with van der Waals surface area (Å²) in [5, 5.41) is 7.59. The third-order valence-corrected chi connectivity index (χ3v) is 4.01. The van der Waals surface area contributed by atoms with Gasteiger partial charge < -0.3 is 29.7 Å². The molecule has 0 spiro atoms. The number of Topliss-reactive ketones (excluding diaryl/α,β-unsaturated/α-hetero) is 2. The third kappa shape index (κ3) is 19.7. The standard InChI is InChI=1S/C23H32N2O7.2Rb/c1-3-5-23(30)32-12-4-11-31-13-10-24-21(28)16-22(29)25-19-8-6-18(7-9-19)15-20(27)14-17(2)26;;/h6-9H,3-5,10-16H2,1-2H3,(H2,24,25,28,29);;/q;2*+1/p-2. The fraction of sp³-hybridized carbons (Fsp3) is 0.522. The molecule has 0 heterocycles. The molecule has 0 aliphatic heterocycles. The van der Waals surface area contributed by atoms with E-state index in [1.165, 1.54) is 6.92 Å². The molecule has 0 atom stereocenters. The zero-order valence-corrected chi connectivity index (χ0v) is 30.5. The van der Waals surface area contributed by atoms with Crippen molar-refractivity contribution in [3.8, 4) is 0 Å². The second-order valence-corrected chi connectivity index (χ2v) is 7.15. The first-order valence-corrected chi connectivity index (χ1v) is 10.6. The first-order valence-electron chi connectivity index (χ1n) is 10.6. The van der Waals surface area contributed by atoms with Gasteiger partial charge in [-0.2, -0.15) is 0 Å². The van der Waals surface area contributed by atoms with Crippen LogP contribution in [0.2, 0.25) is 0 Å². The molecule has 1 aromatic carbocycles. The number of hydrogen-bond acceptors (Lipinski definition) is 7. The average molecular weight is 617 g/mol. The van der Waals surface area contributed by atoms with Crippen molar-refractivity contribution in [3.63, 3.8) is 0 Å². The Bertz CT molecular complexity index is 786. The van der Waals surface area contributed by atoms with Crippen LogP contribution in [-0.4, -0.2) is 55.7 Å². The Balaban J connectivity index is 0. The van der Waals surface area contributed by atoms with Crippen molar-refractivity contribution in [3.05, 3.63) is 40.5 Å². The van der Waals surface area contributed by atoms with Crippen LogP contribution in [0.1, 0.15) is 51.5 Å². The van der Waals surface area contributed by atoms with Gasteiger partial charge in [-0.05, 0) is 18.9 Å². The normalized spacial score (nSPS) is 9.71. The summed E-state index contributed by atoms with van der Waals surface area (Å²) in [5.41, 5.74) is 1.08. The summed E-state index contributed by atoms with van der Waals surface area (Å²) < 4.78 is 10.3. The third-order valence-electron chi connectivity index (χ3n) is 4.01. The Kier molecular flexibility index (Phi) is 24.5. The Morgan fingerprint density at radius 2 is 1.56 bits per heavy atom. The fourth-order valence-corrected chi connectivity index (χ4v) is 2.59. The molecule has 0 radical (unpaired) electrons. The van der Waals surface area contributed by atoms with Crippen molar-refractivity contribution in [1.29, 1.82) is 0 Å². The molecule has 0 bridgehead atoms. The predicted octanol–water partition coefficient (Wildman–Crippen LogP) is -2.64. The molecule has 0 saturated carbocycles. The first-order chi connectivity index (χ1) is 15.3. The molecule has 9 nitrogen and oxygen atoms in total. The zero-order valence-electron chi connectivity index (χ0n) is 20.6. The molecule has 0 fully saturated rings. The van der Waals surface area contributed by atoms with Crippen molar-refractivity contribution in [2.45, 2.75) is 52.4 Å². The molecule has 176 valence electrons. The molecule has 2 amide bonds. The summed E-state index contributed by atoms with van der Waals surface area (Å²) in [7, 11) is 0. The van der Waals surface area contributed by atoms with Gasteiger partial charge in [0.15, 0.2) is 0 Å². The summed E-state index contributed by atoms with van der Waals surface area (Å²) in [6.07, 6.45) is 1.31. The van der Waals surface area contributed by atoms with Gasteiger partial charge in [-0.1, -0.05) is 31.2 Å². The van der Waals surface area contributed by atoms with Crippen molar-refractivity contribution in [2.75, 3.05) is 26.4 Å². The molecule has 11 heteroatoms. The van der Waals surface area contributed by atoms with Crippen LogP contribution in [-0.2, 0) is 39.9 Å². The van der Waals surface area contributed by atoms with Gasteiger partial charge in [0.25, 0.3) is 0 Å². The Morgan fingerprint density at radius 1 is 0.882 bits per heavy atom. The van der Waals surface area contributed by atoms with Crippen molar-refractivity contribution >= 4 is 35.0 Å². The Hall–Kier alpha value is 0.540. The second kappa shape index (κ2) is 22.7. The van der Waals surface area contributed by atoms with E-state index in [1.807, 2.05) is 6.92 Å². The van der Waals surface area contributed by atoms with Crippen LogP contribution in [0.3, 0.4) is 0 Å². The van der Waals surface area contributed by atoms with Crippen molar-refractivity contribution in [2.24, 2.45) is 0 Å². The van der Waals surface area contributed by atoms with Crippen LogP contribution >= 0.6 is 0 Å². The fourth-order valence-electron chi connectivity index (χ4n) is 2.59. The van der Waals surface area contributed by atoms with Gasteiger partial charge >= 0.3 is 122 Å². The number of ketones is 2. The van der Waals surface area contributed by atoms with E-state index in [9.17, 15) is 24.0 Å². The number of carbonyl (C=O) groups excluding carboxylic acids is 5. The quantitative estimate of drug-likeness (QED) is 0.113. The average Bonchev–Trinajstić information content (AvgIpc) is 2.71. The van der Waals surface area contributed by atoms with Crippen LogP contribution in [0.15, 0.2) is 24.3 Å². The van der Waals surface area contributed by atoms with Crippen LogP contribution in [0.25, 0.3) is 10.6 Å². The van der Waals surface area contributed by atoms with E-state index in [4.69, 9.17) is 9.47 Å². The number of rotatable bonds is 16. The van der Waals surface area contributed by atoms with E-state index < -0.39 is 18.2 Å². The molecule has 0 saturated heterocycles. The van der Waals surface area contributed by atoms with Gasteiger partial charge in [0.05, 0.1) is 24.8 Å². The van der Waals surface area contributed by atoms with E-state index in [-0.39, 0.29) is 160 Å². The minimum absolute atomic E-state index is 0. The maximum absolute atomic E-state index is 11.9. The number of ether oxygens (including phenoxy) is 2. The molecular weight excluding hydrogens is 587 g/mol. The Labute approximate surface area is 298 Å². The molecule has 0 unspecified atom stereocenters. The topological polar surface area (TPSA) is 132 Å². The SMILES string of the molecule is CCCC(=O)OCCCOCC[N-]C(=O)CC(=O)[N-]c1ccc(CC(=O)CC(C)=O)cc1.[Rb+].[Rb+]. The molecule has 1 aromatic rings. The molecule has 0 aliphatic rings. The van der Waals surface area contributed by atoms with Gasteiger partial charge in [0.1, 0.15) is 11.6 Å². The van der Waals surface area contributed by atoms with E-state index in [0.29, 0.717) is 37.3 Å². The minimum atomic E-state index is -0.617. The van der Waals surface area contributed by atoms with Gasteiger partial charge in [-0.3, -0.25) is 14.4 Å². The van der Waals surface area contributed by atoms with E-state index >= 15 is 0 Å². The number of carbonyl (C=O) groups is 5. The van der Waals surface area contributed by atoms with Crippen LogP contribution < -0.4 is 116 Å². The monoisotopic (exact) mass is 616 g/mol. The maximum atomic E-state index is 11.9. The van der Waals surface area contributed by atoms with Crippen molar-refractivity contribution in [1.82, 2.24) is 0 Å². The van der Waals surface area contributed by atoms with E-state index in [1.54, 1.807) is 24.3 Å². The number of benzene rings is 1. The molecular formula is C23H30N2O7Rb2. The number of esters is 1. The zero-order chi connectivity index (χ0) is 23.8. The van der Waals surface area contributed by atoms with Crippen LogP contribution in [0.5, 0.6) is 0 Å². The van der Waals surface area contributed by atoms with E-state index in [2.05, 4.69) is 10.6 Å². The molecule has 1 rings (SSSR count). The summed E-state index contributed by atoms with van der Waals surface area (Å²) >= 11 is 0. The maximum Gasteiger partial charge on any atom is 1.00 e. The molecule has 0 N–H and O–H groups in total. The second-order valence-electron chi connectivity index (χ2n) is 7.15. The summed E-state index contributed by atoms with van der Waals surface area (Å²) in [6.45, 7) is 4.30. The molecule has 0 aliphatic carbocycles. The molecule has 0 aromatic heterocycles. The Morgan fingerprint density at radius 3 is 2.18 bits per heavy atom. The van der Waals surface area contributed by atoms with Gasteiger partial charge in [-0.15, -0.1) is 12.2 Å². The number of nitrogens with zero attached hydrogens (tertiary/aromatic N) is 2. The van der Waals surface area contributed by atoms with Gasteiger partial charge in [0.2, 0.25) is 0 Å². The molecule has 34 heavy (non-hydrogen) atoms. The summed E-state index contributed by atoms with van der Waals surface area (Å²) in [4.78, 5) is 57.4. The van der Waals surface area contributed by atoms with E-state index in [0.717, 1.165) is 6.42 Å². The van der Waals surface area contributed by atoms with Crippen molar-refractivity contribution < 1.29 is 150 Å².